The molecule has 46 heavy (non-hydrogen) atoms. The second kappa shape index (κ2) is 13.0. The topological polar surface area (TPSA) is 277 Å². The summed E-state index contributed by atoms with van der Waals surface area (Å²) in [5.74, 6) is -3.74. The number of H-pyrrole nitrogens is 2. The smallest absolute Gasteiger partial charge is 0.330 e. The number of ether oxygens (including phenoxy) is 2. The van der Waals surface area contributed by atoms with E-state index in [2.05, 4.69) is 0 Å². The van der Waals surface area contributed by atoms with Gasteiger partial charge in [-0.15, -0.1) is 0 Å². The van der Waals surface area contributed by atoms with Crippen LogP contribution in [-0.2, 0) is 28.7 Å². The van der Waals surface area contributed by atoms with E-state index in [0.717, 1.165) is 49.2 Å². The second-order valence-corrected chi connectivity index (χ2v) is 13.2. The molecule has 4 rings (SSSR count). The molecule has 2 aliphatic rings. The zero-order valence-corrected chi connectivity index (χ0v) is 26.2. The summed E-state index contributed by atoms with van der Waals surface area (Å²) >= 11 is 0. The summed E-state index contributed by atoms with van der Waals surface area (Å²) in [4.78, 5) is 104. The van der Waals surface area contributed by atoms with Crippen LogP contribution < -0.4 is 22.5 Å². The number of aromatic amines is 2. The number of aliphatic hydroxyl groups excluding tert-OH is 2. The highest BCUT2D eigenvalue weighted by Crippen LogP contribution is 2.41. The predicted molar refractivity (Wildman–Crippen MR) is 156 cm³/mol. The van der Waals surface area contributed by atoms with Gasteiger partial charge in [0.25, 0.3) is 11.1 Å². The fourth-order valence-electron chi connectivity index (χ4n) is 4.98. The molecular formula is C26H30N4O14S2. The fraction of sp³-hybridized carbons (Fsp3) is 0.538. The Hall–Kier alpha value is -3.50. The van der Waals surface area contributed by atoms with Gasteiger partial charge in [-0.3, -0.25) is 47.9 Å². The average molecular weight is 687 g/mol. The number of carbonyl (C=O) groups excluding carboxylic acids is 4. The Balaban J connectivity index is 1.63. The van der Waals surface area contributed by atoms with Gasteiger partial charge < -0.3 is 29.9 Å². The predicted octanol–water partition coefficient (Wildman–Crippen LogP) is -2.70. The molecule has 2 aromatic heterocycles. The van der Waals surface area contributed by atoms with Gasteiger partial charge in [0.15, 0.2) is 46.5 Å². The Morgan fingerprint density at radius 2 is 1.09 bits per heavy atom. The molecule has 2 saturated heterocycles. The minimum absolute atomic E-state index is 0.201. The van der Waals surface area contributed by atoms with Crippen LogP contribution >= 0.6 is 21.6 Å². The van der Waals surface area contributed by atoms with Gasteiger partial charge in [0.1, 0.15) is 34.5 Å². The van der Waals surface area contributed by atoms with E-state index < -0.39 is 107 Å². The van der Waals surface area contributed by atoms with Crippen LogP contribution in [0.1, 0.15) is 53.0 Å². The fourth-order valence-corrected chi connectivity index (χ4v) is 6.98. The number of aliphatic hydroxyl groups is 4. The Bertz CT molecular complexity index is 1700. The lowest BCUT2D eigenvalue weighted by molar-refractivity contribution is -0.157. The molecule has 0 bridgehead atoms. The highest BCUT2D eigenvalue weighted by Gasteiger charge is 2.56. The molecule has 2 fully saturated rings. The molecule has 20 heteroatoms. The SMILES string of the molecule is CC(=O)[C@]1(O)C[C@H](n2cc(SSc3cn([C@H]4C[C@@](O)(C(C)=O)[C@@H](C(=O)C(C)O)O4)c(=O)[nH]c3=O)c(=O)[nH]c2=O)O[C@@H]1C(=O)C(C)O. The number of hydrogen-bond donors (Lipinski definition) is 6. The van der Waals surface area contributed by atoms with E-state index in [4.69, 9.17) is 9.47 Å². The molecule has 6 N–H and O–H groups in total. The van der Waals surface area contributed by atoms with Crippen LogP contribution in [0.2, 0.25) is 0 Å². The maximum Gasteiger partial charge on any atom is 0.330 e. The van der Waals surface area contributed by atoms with Crippen molar-refractivity contribution in [2.24, 2.45) is 0 Å². The molecule has 0 spiro atoms. The zero-order valence-electron chi connectivity index (χ0n) is 24.6. The van der Waals surface area contributed by atoms with Crippen LogP contribution in [0.3, 0.4) is 0 Å². The lowest BCUT2D eigenvalue weighted by Crippen LogP contribution is -2.51. The number of ketones is 4. The first-order valence-corrected chi connectivity index (χ1v) is 15.7. The van der Waals surface area contributed by atoms with Crippen LogP contribution in [0, 0.1) is 0 Å². The van der Waals surface area contributed by atoms with Crippen molar-refractivity contribution in [1.29, 1.82) is 0 Å². The summed E-state index contributed by atoms with van der Waals surface area (Å²) in [5.41, 5.74) is -8.64. The van der Waals surface area contributed by atoms with Crippen molar-refractivity contribution < 1.29 is 49.1 Å². The second-order valence-electron chi connectivity index (χ2n) is 11.0. The van der Waals surface area contributed by atoms with Crippen molar-refractivity contribution in [1.82, 2.24) is 19.1 Å². The van der Waals surface area contributed by atoms with Gasteiger partial charge in [0.05, 0.1) is 0 Å². The third-order valence-corrected chi connectivity index (χ3v) is 10.0. The van der Waals surface area contributed by atoms with E-state index in [-0.39, 0.29) is 9.79 Å². The van der Waals surface area contributed by atoms with Gasteiger partial charge in [-0.1, -0.05) is 0 Å². The van der Waals surface area contributed by atoms with Crippen LogP contribution in [0.25, 0.3) is 0 Å². The van der Waals surface area contributed by atoms with Crippen LogP contribution in [0.15, 0.2) is 41.4 Å². The molecule has 4 heterocycles. The van der Waals surface area contributed by atoms with E-state index in [1.54, 1.807) is 0 Å². The number of rotatable bonds is 11. The Morgan fingerprint density at radius 3 is 1.37 bits per heavy atom. The Kier molecular flexibility index (Phi) is 9.95. The van der Waals surface area contributed by atoms with Crippen molar-refractivity contribution in [3.63, 3.8) is 0 Å². The van der Waals surface area contributed by atoms with E-state index in [1.165, 1.54) is 0 Å². The number of Topliss-reactive ketones (excluding diaryl/α,β-unsaturated/α-hetero) is 4. The number of nitrogens with one attached hydrogen (secondary N) is 2. The van der Waals surface area contributed by atoms with E-state index in [1.807, 2.05) is 9.97 Å². The molecule has 250 valence electrons. The van der Waals surface area contributed by atoms with Gasteiger partial charge in [-0.25, -0.2) is 9.59 Å². The first-order chi connectivity index (χ1) is 21.3. The molecule has 2 unspecified atom stereocenters. The highest BCUT2D eigenvalue weighted by molar-refractivity contribution is 8.76. The van der Waals surface area contributed by atoms with Gasteiger partial charge >= 0.3 is 11.4 Å². The van der Waals surface area contributed by atoms with E-state index in [9.17, 15) is 58.8 Å². The van der Waals surface area contributed by atoms with Gasteiger partial charge in [0, 0.05) is 25.2 Å². The largest absolute Gasteiger partial charge is 0.386 e. The maximum absolute atomic E-state index is 12.7. The molecule has 0 saturated carbocycles. The summed E-state index contributed by atoms with van der Waals surface area (Å²) in [6, 6.07) is 0. The molecule has 0 amide bonds. The van der Waals surface area contributed by atoms with Crippen LogP contribution in [0.4, 0.5) is 0 Å². The average Bonchev–Trinajstić information content (AvgIpc) is 3.51. The van der Waals surface area contributed by atoms with E-state index >= 15 is 0 Å². The summed E-state index contributed by atoms with van der Waals surface area (Å²) in [7, 11) is 1.28. The Morgan fingerprint density at radius 1 is 0.761 bits per heavy atom. The molecule has 2 aromatic rings. The van der Waals surface area contributed by atoms with Crippen LogP contribution in [0.5, 0.6) is 0 Å². The Labute approximate surface area is 265 Å². The normalized spacial score (nSPS) is 29.0. The lowest BCUT2D eigenvalue weighted by Gasteiger charge is -2.24. The van der Waals surface area contributed by atoms with Crippen molar-refractivity contribution in [3.8, 4) is 0 Å². The van der Waals surface area contributed by atoms with Crippen molar-refractivity contribution >= 4 is 44.7 Å². The maximum atomic E-state index is 12.7. The minimum Gasteiger partial charge on any atom is -0.386 e. The van der Waals surface area contributed by atoms with Gasteiger partial charge in [-0.05, 0) is 49.3 Å². The number of hydrogen-bond acceptors (Lipinski definition) is 16. The van der Waals surface area contributed by atoms with Crippen molar-refractivity contribution in [2.75, 3.05) is 0 Å². The first-order valence-electron chi connectivity index (χ1n) is 13.6. The standard InChI is InChI=1S/C26H30N4O14S2/c1-9(31)17(35)19-25(41,11(3)33)5-15(43-19)29-7-13(21(37)27-23(29)39)45-46-14-8-30(24(40)28-22(14)38)16-6-26(42,12(4)34)20(44-16)18(36)10(2)32/h7-10,15-16,19-20,31-32,41-42H,5-6H2,1-4H3,(H,27,37,39)(H,28,38,40)/t9?,10?,15-,16-,19-,20-,25-,26-/m1/s1. The summed E-state index contributed by atoms with van der Waals surface area (Å²) in [5, 5.41) is 41.3. The highest BCUT2D eigenvalue weighted by atomic mass is 33.1. The molecule has 2 aliphatic heterocycles. The van der Waals surface area contributed by atoms with Gasteiger partial charge in [0.2, 0.25) is 0 Å². The molecule has 0 aromatic carbocycles. The number of aromatic nitrogens is 4. The minimum atomic E-state index is -2.38. The molecule has 0 radical (unpaired) electrons. The molecule has 8 atom stereocenters. The van der Waals surface area contributed by atoms with E-state index in [0.29, 0.717) is 21.6 Å². The van der Waals surface area contributed by atoms with Crippen molar-refractivity contribution in [2.45, 2.75) is 98.4 Å². The van der Waals surface area contributed by atoms with Crippen LogP contribution in [-0.4, -0.2) is 98.3 Å². The molecular weight excluding hydrogens is 656 g/mol. The summed E-state index contributed by atoms with van der Waals surface area (Å²) in [6.07, 6.45) is -8.86. The summed E-state index contributed by atoms with van der Waals surface area (Å²) in [6.45, 7) is 4.22. The first kappa shape index (κ1) is 35.4. The third-order valence-electron chi connectivity index (χ3n) is 7.70. The monoisotopic (exact) mass is 686 g/mol. The molecule has 0 aliphatic carbocycles. The third kappa shape index (κ3) is 6.38. The molecule has 18 nitrogen and oxygen atoms in total. The van der Waals surface area contributed by atoms with Gasteiger partial charge in [-0.2, -0.15) is 0 Å². The lowest BCUT2D eigenvalue weighted by atomic mass is 9.87. The number of carbonyl (C=O) groups is 4. The number of nitrogens with zero attached hydrogens (tertiary/aromatic N) is 2. The van der Waals surface area contributed by atoms with Crippen molar-refractivity contribution in [3.05, 3.63) is 54.1 Å². The zero-order chi connectivity index (χ0) is 34.5. The quantitative estimate of drug-likeness (QED) is 0.131. The summed E-state index contributed by atoms with van der Waals surface area (Å²) < 4.78 is 12.7.